The van der Waals surface area contributed by atoms with Gasteiger partial charge in [-0.1, -0.05) is 13.3 Å². The highest BCUT2D eigenvalue weighted by atomic mass is 16.6. The molecule has 2 rings (SSSR count). The molecule has 28 heavy (non-hydrogen) atoms. The molecule has 0 atom stereocenters. The van der Waals surface area contributed by atoms with Crippen LogP contribution < -0.4 is 10.6 Å². The number of carbonyl (C=O) groups is 3. The van der Waals surface area contributed by atoms with Gasteiger partial charge in [0.1, 0.15) is 5.54 Å². The van der Waals surface area contributed by atoms with Gasteiger partial charge in [-0.2, -0.15) is 0 Å². The van der Waals surface area contributed by atoms with E-state index in [1.807, 2.05) is 0 Å². The monoisotopic (exact) mass is 391 g/mol. The molecule has 1 fully saturated rings. The number of amides is 2. The van der Waals surface area contributed by atoms with Crippen LogP contribution in [0.4, 0.5) is 5.69 Å². The van der Waals surface area contributed by atoms with E-state index in [1.165, 1.54) is 24.3 Å². The van der Waals surface area contributed by atoms with Crippen LogP contribution in [-0.2, 0) is 9.59 Å². The Labute approximate surface area is 162 Å². The standard InChI is InChI=1S/C19H25N3O6/c1-2-13-7-10-19(11-8-13,18(25)26)21-16(23)9-12-20-17(24)14-3-5-15(6-4-14)22(27)28/h3-6,13H,2,7-12H2,1H3,(H,20,24)(H,21,23)(H,25,26). The summed E-state index contributed by atoms with van der Waals surface area (Å²) in [6, 6.07) is 5.12. The molecule has 152 valence electrons. The summed E-state index contributed by atoms with van der Waals surface area (Å²) in [4.78, 5) is 46.0. The summed E-state index contributed by atoms with van der Waals surface area (Å²) in [6.07, 6.45) is 3.28. The quantitative estimate of drug-likeness (QED) is 0.459. The van der Waals surface area contributed by atoms with Gasteiger partial charge in [0.2, 0.25) is 5.91 Å². The van der Waals surface area contributed by atoms with Crippen LogP contribution in [-0.4, -0.2) is 39.9 Å². The van der Waals surface area contributed by atoms with Crippen molar-refractivity contribution in [3.63, 3.8) is 0 Å². The Bertz CT molecular complexity index is 739. The molecule has 1 aliphatic carbocycles. The molecule has 1 aliphatic rings. The Morgan fingerprint density at radius 2 is 1.82 bits per heavy atom. The van der Waals surface area contributed by atoms with Crippen LogP contribution in [0, 0.1) is 16.0 Å². The molecule has 9 nitrogen and oxygen atoms in total. The molecular formula is C19H25N3O6. The molecule has 0 aromatic heterocycles. The summed E-state index contributed by atoms with van der Waals surface area (Å²) < 4.78 is 0. The highest BCUT2D eigenvalue weighted by molar-refractivity contribution is 5.94. The third kappa shape index (κ3) is 5.28. The molecular weight excluding hydrogens is 366 g/mol. The number of carboxylic acid groups (broad SMARTS) is 1. The summed E-state index contributed by atoms with van der Waals surface area (Å²) in [7, 11) is 0. The number of hydrogen-bond donors (Lipinski definition) is 3. The zero-order valence-electron chi connectivity index (χ0n) is 15.8. The molecule has 3 N–H and O–H groups in total. The lowest BCUT2D eigenvalue weighted by atomic mass is 9.75. The number of benzene rings is 1. The minimum atomic E-state index is -1.23. The second-order valence-corrected chi connectivity index (χ2v) is 7.10. The van der Waals surface area contributed by atoms with Gasteiger partial charge in [-0.15, -0.1) is 0 Å². The van der Waals surface area contributed by atoms with Gasteiger partial charge < -0.3 is 15.7 Å². The number of non-ortho nitro benzene ring substituents is 1. The third-order valence-electron chi connectivity index (χ3n) is 5.30. The molecule has 0 spiro atoms. The van der Waals surface area contributed by atoms with Gasteiger partial charge in [-0.3, -0.25) is 19.7 Å². The molecule has 1 saturated carbocycles. The second-order valence-electron chi connectivity index (χ2n) is 7.10. The lowest BCUT2D eigenvalue weighted by Crippen LogP contribution is -2.56. The summed E-state index contributed by atoms with van der Waals surface area (Å²) >= 11 is 0. The molecule has 2 amide bonds. The number of nitrogens with one attached hydrogen (secondary N) is 2. The Morgan fingerprint density at radius 1 is 1.21 bits per heavy atom. The average molecular weight is 391 g/mol. The molecule has 0 heterocycles. The number of carbonyl (C=O) groups excluding carboxylic acids is 2. The summed E-state index contributed by atoms with van der Waals surface area (Å²) in [5.41, 5.74) is -1.11. The largest absolute Gasteiger partial charge is 0.480 e. The van der Waals surface area contributed by atoms with Crippen molar-refractivity contribution in [2.24, 2.45) is 5.92 Å². The van der Waals surface area contributed by atoms with E-state index in [9.17, 15) is 29.6 Å². The van der Waals surface area contributed by atoms with Crippen molar-refractivity contribution < 1.29 is 24.4 Å². The molecule has 1 aromatic rings. The van der Waals surface area contributed by atoms with Crippen molar-refractivity contribution in [3.05, 3.63) is 39.9 Å². The number of hydrogen-bond acceptors (Lipinski definition) is 5. The summed E-state index contributed by atoms with van der Waals surface area (Å²) in [6.45, 7) is 2.11. The van der Waals surface area contributed by atoms with Crippen molar-refractivity contribution in [1.82, 2.24) is 10.6 Å². The van der Waals surface area contributed by atoms with E-state index in [0.29, 0.717) is 18.8 Å². The predicted octanol–water partition coefficient (Wildman–Crippen LogP) is 2.25. The van der Waals surface area contributed by atoms with Crippen LogP contribution in [0.15, 0.2) is 24.3 Å². The Morgan fingerprint density at radius 3 is 2.32 bits per heavy atom. The third-order valence-corrected chi connectivity index (χ3v) is 5.30. The topological polar surface area (TPSA) is 139 Å². The fourth-order valence-electron chi connectivity index (χ4n) is 3.43. The van der Waals surface area contributed by atoms with Crippen molar-refractivity contribution in [3.8, 4) is 0 Å². The van der Waals surface area contributed by atoms with Crippen LogP contribution in [0.5, 0.6) is 0 Å². The lowest BCUT2D eigenvalue weighted by molar-refractivity contribution is -0.384. The fraction of sp³-hybridized carbons (Fsp3) is 0.526. The smallest absolute Gasteiger partial charge is 0.329 e. The Balaban J connectivity index is 1.83. The number of nitro benzene ring substituents is 1. The first-order valence-electron chi connectivity index (χ1n) is 9.34. The zero-order chi connectivity index (χ0) is 20.7. The van der Waals surface area contributed by atoms with Crippen LogP contribution in [0.3, 0.4) is 0 Å². The molecule has 0 unspecified atom stereocenters. The van der Waals surface area contributed by atoms with E-state index >= 15 is 0 Å². The number of carboxylic acids is 1. The van der Waals surface area contributed by atoms with Crippen molar-refractivity contribution in [1.29, 1.82) is 0 Å². The summed E-state index contributed by atoms with van der Waals surface area (Å²) in [5.74, 6) is -1.42. The number of aliphatic carboxylic acids is 1. The Hall–Kier alpha value is -2.97. The summed E-state index contributed by atoms with van der Waals surface area (Å²) in [5, 5.41) is 25.4. The van der Waals surface area contributed by atoms with Gasteiger partial charge in [-0.05, 0) is 43.7 Å². The van der Waals surface area contributed by atoms with Crippen molar-refractivity contribution in [2.45, 2.75) is 51.0 Å². The second kappa shape index (κ2) is 9.29. The maximum Gasteiger partial charge on any atom is 0.329 e. The average Bonchev–Trinajstić information content (AvgIpc) is 2.68. The predicted molar refractivity (Wildman–Crippen MR) is 101 cm³/mol. The number of nitrogens with zero attached hydrogens (tertiary/aromatic N) is 1. The minimum Gasteiger partial charge on any atom is -0.480 e. The first kappa shape index (κ1) is 21.3. The van der Waals surface area contributed by atoms with E-state index < -0.39 is 28.2 Å². The number of rotatable bonds is 8. The van der Waals surface area contributed by atoms with Gasteiger partial charge in [-0.25, -0.2) is 4.79 Å². The van der Waals surface area contributed by atoms with E-state index in [0.717, 1.165) is 19.3 Å². The molecule has 9 heteroatoms. The van der Waals surface area contributed by atoms with Crippen LogP contribution in [0.1, 0.15) is 55.8 Å². The maximum absolute atomic E-state index is 12.2. The molecule has 1 aromatic carbocycles. The van der Waals surface area contributed by atoms with E-state index in [-0.39, 0.29) is 24.2 Å². The van der Waals surface area contributed by atoms with E-state index in [1.54, 1.807) is 0 Å². The normalized spacial score (nSPS) is 21.5. The minimum absolute atomic E-state index is 0.0366. The first-order chi connectivity index (χ1) is 13.3. The fourth-order valence-corrected chi connectivity index (χ4v) is 3.43. The van der Waals surface area contributed by atoms with Crippen LogP contribution >= 0.6 is 0 Å². The maximum atomic E-state index is 12.2. The van der Waals surface area contributed by atoms with Gasteiger partial charge in [0.25, 0.3) is 11.6 Å². The molecule has 0 bridgehead atoms. The highest BCUT2D eigenvalue weighted by Crippen LogP contribution is 2.34. The number of nitro groups is 1. The molecule has 0 aliphatic heterocycles. The van der Waals surface area contributed by atoms with Gasteiger partial charge >= 0.3 is 5.97 Å². The van der Waals surface area contributed by atoms with Crippen LogP contribution in [0.2, 0.25) is 0 Å². The first-order valence-corrected chi connectivity index (χ1v) is 9.34. The Kier molecular flexibility index (Phi) is 7.08. The zero-order valence-corrected chi connectivity index (χ0v) is 15.8. The van der Waals surface area contributed by atoms with Gasteiger partial charge in [0.05, 0.1) is 4.92 Å². The van der Waals surface area contributed by atoms with Gasteiger partial charge in [0.15, 0.2) is 0 Å². The van der Waals surface area contributed by atoms with Crippen molar-refractivity contribution >= 4 is 23.5 Å². The van der Waals surface area contributed by atoms with Crippen LogP contribution in [0.25, 0.3) is 0 Å². The van der Waals surface area contributed by atoms with E-state index in [2.05, 4.69) is 17.6 Å². The van der Waals surface area contributed by atoms with Gasteiger partial charge in [0, 0.05) is 30.7 Å². The van der Waals surface area contributed by atoms with Crippen molar-refractivity contribution in [2.75, 3.05) is 6.54 Å². The molecule has 0 radical (unpaired) electrons. The lowest BCUT2D eigenvalue weighted by Gasteiger charge is -2.37. The molecule has 0 saturated heterocycles. The van der Waals surface area contributed by atoms with E-state index in [4.69, 9.17) is 0 Å². The SMILES string of the molecule is CCC1CCC(NC(=O)CCNC(=O)c2ccc([N+](=O)[O-])cc2)(C(=O)O)CC1. The highest BCUT2D eigenvalue weighted by Gasteiger charge is 2.42.